The first kappa shape index (κ1) is 12.1. The Labute approximate surface area is 114 Å². The van der Waals surface area contributed by atoms with Crippen molar-refractivity contribution >= 4 is 63.4 Å². The van der Waals surface area contributed by atoms with Crippen molar-refractivity contribution in [1.82, 2.24) is 0 Å². The number of hydrogen-bond acceptors (Lipinski definition) is 1. The molecule has 0 fully saturated rings. The first-order valence-electron chi connectivity index (χ1n) is 3.25. The molecule has 0 spiro atoms. The van der Waals surface area contributed by atoms with Crippen molar-refractivity contribution in [2.45, 2.75) is 0 Å². The van der Waals surface area contributed by atoms with Crippen LogP contribution in [-0.2, 0) is 4.79 Å². The summed E-state index contributed by atoms with van der Waals surface area (Å²) >= 11 is 0. The van der Waals surface area contributed by atoms with Crippen molar-refractivity contribution in [3.63, 3.8) is 0 Å². The maximum Gasteiger partial charge on any atom is 0.328 e. The van der Waals surface area contributed by atoms with E-state index in [2.05, 4.69) is 0 Å². The number of carboxylic acids is 1. The molecule has 0 amide bonds. The molecule has 0 bridgehead atoms. The normalized spacial score (nSPS) is 9.33. The molecule has 2 nitrogen and oxygen atoms in total. The summed E-state index contributed by atoms with van der Waals surface area (Å²) in [6.45, 7) is 0. The molecule has 1 aromatic rings. The van der Waals surface area contributed by atoms with Gasteiger partial charge in [-0.25, -0.2) is 4.79 Å². The summed E-state index contributed by atoms with van der Waals surface area (Å²) in [5.41, 5.74) is 0.898. The summed E-state index contributed by atoms with van der Waals surface area (Å²) in [6, 6.07) is 9.31. The molecule has 1 radical (unpaired) electrons. The predicted molar refractivity (Wildman–Crippen MR) is 48.9 cm³/mol. The molecular formula is C9H8KO2. The molecule has 1 aromatic carbocycles. The van der Waals surface area contributed by atoms with Gasteiger partial charge in [-0.2, -0.15) is 0 Å². The van der Waals surface area contributed by atoms with E-state index < -0.39 is 5.97 Å². The zero-order chi connectivity index (χ0) is 8.10. The molecule has 12 heavy (non-hydrogen) atoms. The van der Waals surface area contributed by atoms with E-state index in [9.17, 15) is 4.79 Å². The second-order valence-corrected chi connectivity index (χ2v) is 2.08. The van der Waals surface area contributed by atoms with Crippen molar-refractivity contribution < 1.29 is 9.90 Å². The zero-order valence-corrected chi connectivity index (χ0v) is 10.0. The van der Waals surface area contributed by atoms with Gasteiger partial charge in [0.1, 0.15) is 0 Å². The molecule has 0 saturated carbocycles. The Balaban J connectivity index is 0.00000121. The molecule has 0 unspecified atom stereocenters. The summed E-state index contributed by atoms with van der Waals surface area (Å²) < 4.78 is 0. The van der Waals surface area contributed by atoms with Crippen LogP contribution in [0.5, 0.6) is 0 Å². The van der Waals surface area contributed by atoms with E-state index in [0.717, 1.165) is 11.6 Å². The van der Waals surface area contributed by atoms with Gasteiger partial charge in [0.15, 0.2) is 0 Å². The summed E-state index contributed by atoms with van der Waals surface area (Å²) in [5.74, 6) is -0.922. The van der Waals surface area contributed by atoms with Gasteiger partial charge in [-0.15, -0.1) is 0 Å². The minimum Gasteiger partial charge on any atom is -0.478 e. The van der Waals surface area contributed by atoms with Crippen LogP contribution >= 0.6 is 0 Å². The van der Waals surface area contributed by atoms with Gasteiger partial charge in [0.25, 0.3) is 0 Å². The van der Waals surface area contributed by atoms with Crippen molar-refractivity contribution in [1.29, 1.82) is 0 Å². The molecule has 0 aliphatic rings. The smallest absolute Gasteiger partial charge is 0.328 e. The zero-order valence-electron chi connectivity index (χ0n) is 6.90. The average molecular weight is 187 g/mol. The maximum absolute atomic E-state index is 10.1. The van der Waals surface area contributed by atoms with Crippen LogP contribution < -0.4 is 0 Å². The van der Waals surface area contributed by atoms with Crippen LogP contribution in [0, 0.1) is 0 Å². The summed E-state index contributed by atoms with van der Waals surface area (Å²) in [7, 11) is 0. The summed E-state index contributed by atoms with van der Waals surface area (Å²) in [5, 5.41) is 8.29. The molecule has 1 rings (SSSR count). The van der Waals surface area contributed by atoms with Crippen molar-refractivity contribution in [3.8, 4) is 0 Å². The minimum absolute atomic E-state index is 0. The van der Waals surface area contributed by atoms with Gasteiger partial charge in [0, 0.05) is 57.5 Å². The molecule has 57 valence electrons. The molecule has 0 aliphatic carbocycles. The topological polar surface area (TPSA) is 37.3 Å². The van der Waals surface area contributed by atoms with E-state index in [1.807, 2.05) is 30.3 Å². The van der Waals surface area contributed by atoms with E-state index in [-0.39, 0.29) is 51.4 Å². The second kappa shape index (κ2) is 6.57. The van der Waals surface area contributed by atoms with Gasteiger partial charge < -0.3 is 5.11 Å². The largest absolute Gasteiger partial charge is 0.478 e. The van der Waals surface area contributed by atoms with E-state index in [1.165, 1.54) is 0 Å². The average Bonchev–Trinajstić information content (AvgIpc) is 2.03. The number of hydrogen-bond donors (Lipinski definition) is 1. The van der Waals surface area contributed by atoms with Gasteiger partial charge >= 0.3 is 5.97 Å². The molecule has 0 aliphatic heterocycles. The van der Waals surface area contributed by atoms with Crippen molar-refractivity contribution in [2.75, 3.05) is 0 Å². The number of aliphatic carboxylic acids is 1. The third kappa shape index (κ3) is 4.85. The van der Waals surface area contributed by atoms with Crippen molar-refractivity contribution in [2.24, 2.45) is 0 Å². The van der Waals surface area contributed by atoms with Gasteiger partial charge in [-0.05, 0) is 11.6 Å². The molecular weight excluding hydrogens is 179 g/mol. The SMILES string of the molecule is O=C(O)C=Cc1ccccc1.[K]. The first-order chi connectivity index (χ1) is 5.29. The van der Waals surface area contributed by atoms with E-state index in [4.69, 9.17) is 5.11 Å². The summed E-state index contributed by atoms with van der Waals surface area (Å²) in [6.07, 6.45) is 2.68. The fraction of sp³-hybridized carbons (Fsp3) is 0. The van der Waals surface area contributed by atoms with Gasteiger partial charge in [-0.1, -0.05) is 30.3 Å². The number of carbonyl (C=O) groups is 1. The fourth-order valence-electron chi connectivity index (χ4n) is 0.732. The second-order valence-electron chi connectivity index (χ2n) is 2.08. The van der Waals surface area contributed by atoms with E-state index in [1.54, 1.807) is 6.08 Å². The standard InChI is InChI=1S/C9H8O2.K/c10-9(11)7-6-8-4-2-1-3-5-8;/h1-7H,(H,10,11);. The molecule has 0 saturated heterocycles. The molecule has 3 heteroatoms. The maximum atomic E-state index is 10.1. The van der Waals surface area contributed by atoms with Crippen LogP contribution in [0.15, 0.2) is 36.4 Å². The van der Waals surface area contributed by atoms with Crippen LogP contribution in [0.2, 0.25) is 0 Å². The molecule has 1 N–H and O–H groups in total. The Morgan fingerprint density at radius 1 is 1.25 bits per heavy atom. The van der Waals surface area contributed by atoms with Gasteiger partial charge in [0.2, 0.25) is 0 Å². The third-order valence-corrected chi connectivity index (χ3v) is 1.22. The Bertz CT molecular complexity index is 267. The van der Waals surface area contributed by atoms with Crippen LogP contribution in [0.25, 0.3) is 6.08 Å². The third-order valence-electron chi connectivity index (χ3n) is 1.22. The first-order valence-corrected chi connectivity index (χ1v) is 3.25. The Morgan fingerprint density at radius 2 is 1.83 bits per heavy atom. The number of rotatable bonds is 2. The number of carboxylic acid groups (broad SMARTS) is 1. The van der Waals surface area contributed by atoms with Crippen LogP contribution in [-0.4, -0.2) is 62.5 Å². The minimum atomic E-state index is -0.922. The van der Waals surface area contributed by atoms with Gasteiger partial charge in [0.05, 0.1) is 0 Å². The monoisotopic (exact) mass is 187 g/mol. The van der Waals surface area contributed by atoms with Crippen LogP contribution in [0.1, 0.15) is 5.56 Å². The summed E-state index contributed by atoms with van der Waals surface area (Å²) in [4.78, 5) is 10.1. The number of benzene rings is 1. The Kier molecular flexibility index (Phi) is 6.60. The van der Waals surface area contributed by atoms with Crippen LogP contribution in [0.3, 0.4) is 0 Å². The quantitative estimate of drug-likeness (QED) is 0.561. The molecule has 0 aromatic heterocycles. The van der Waals surface area contributed by atoms with Crippen molar-refractivity contribution in [3.05, 3.63) is 42.0 Å². The van der Waals surface area contributed by atoms with Gasteiger partial charge in [-0.3, -0.25) is 0 Å². The Morgan fingerprint density at radius 3 is 2.33 bits per heavy atom. The molecule has 0 heterocycles. The Hall–Kier alpha value is 0.0664. The fourth-order valence-corrected chi connectivity index (χ4v) is 0.732. The van der Waals surface area contributed by atoms with Crippen LogP contribution in [0.4, 0.5) is 0 Å². The molecule has 0 atom stereocenters. The predicted octanol–water partition coefficient (Wildman–Crippen LogP) is 1.40. The van der Waals surface area contributed by atoms with E-state index in [0.29, 0.717) is 0 Å². The van der Waals surface area contributed by atoms with E-state index >= 15 is 0 Å².